The average molecular weight is 1320 g/mol. The summed E-state index contributed by atoms with van der Waals surface area (Å²) in [4.78, 5) is 134. The Morgan fingerprint density at radius 3 is 1.34 bits per heavy atom. The molecule has 0 fully saturated rings. The summed E-state index contributed by atoms with van der Waals surface area (Å²) in [7, 11) is 2.89. The van der Waals surface area contributed by atoms with Gasteiger partial charge in [0.25, 0.3) is 16.7 Å². The van der Waals surface area contributed by atoms with Crippen LogP contribution in [0.4, 0.5) is 29.4 Å². The Bertz CT molecular complexity index is 4530. The fraction of sp³-hybridized carbons (Fsp3) is 0.323. The summed E-state index contributed by atoms with van der Waals surface area (Å²) in [5.41, 5.74) is -5.71. The second-order valence-electron chi connectivity index (χ2n) is 23.0. The van der Waals surface area contributed by atoms with Crippen molar-refractivity contribution in [3.05, 3.63) is 137 Å². The van der Waals surface area contributed by atoms with Crippen molar-refractivity contribution in [1.82, 2.24) is 29.3 Å². The molecule has 27 nitrogen and oxygen atoms in total. The first kappa shape index (κ1) is 66.2. The van der Waals surface area contributed by atoms with Gasteiger partial charge in [-0.3, -0.25) is 24.2 Å². The number of carbonyl (C=O) groups excluding carboxylic acids is 5. The minimum Gasteiger partial charge on any atom is -0.497 e. The highest BCUT2D eigenvalue weighted by Crippen LogP contribution is 2.39. The van der Waals surface area contributed by atoms with Gasteiger partial charge in [-0.1, -0.05) is 5.06 Å². The number of carbonyl (C=O) groups is 6. The van der Waals surface area contributed by atoms with Crippen LogP contribution in [0.3, 0.4) is 0 Å². The second-order valence-corrected chi connectivity index (χ2v) is 25.6. The van der Waals surface area contributed by atoms with Crippen molar-refractivity contribution in [2.24, 2.45) is 0 Å². The molecule has 92 heavy (non-hydrogen) atoms. The van der Waals surface area contributed by atoms with Crippen LogP contribution >= 0.6 is 34.0 Å². The smallest absolute Gasteiger partial charge is 0.449 e. The third-order valence-electron chi connectivity index (χ3n) is 12.9. The first-order valence-corrected chi connectivity index (χ1v) is 30.9. The molecule has 0 saturated heterocycles. The SMILES string of the molecule is CCOC(=O)c1nn(-c2ccc(ON(C(=O)OC(C)(C)C)c3scc4c(C(=O)OCC)nn(-c5ccc(OC)cc5)c(=O)c34)cc2)c(=O)c2c(N(CCOc3ccc(-n4nc(C(=O)O)c5csc(N(C)C(=O)OC(C)(C)C)c5c4=O)cc3)C(=O)OC(C)(C)C)scc12. The summed E-state index contributed by atoms with van der Waals surface area (Å²) in [5, 5.41) is 28.3. The lowest BCUT2D eigenvalue weighted by molar-refractivity contribution is 0.0439. The molecule has 6 heterocycles. The molecule has 9 aromatic rings. The number of nitrogens with zero attached hydrogens (tertiary/aromatic N) is 9. The monoisotopic (exact) mass is 1320 g/mol. The van der Waals surface area contributed by atoms with E-state index in [-0.39, 0.29) is 114 Å². The zero-order valence-corrected chi connectivity index (χ0v) is 54.6. The Hall–Kier alpha value is -10.2. The van der Waals surface area contributed by atoms with Gasteiger partial charge in [0.1, 0.15) is 44.9 Å². The molecule has 0 bridgehead atoms. The number of benzene rings is 3. The van der Waals surface area contributed by atoms with Crippen LogP contribution in [0, 0.1) is 0 Å². The van der Waals surface area contributed by atoms with Gasteiger partial charge < -0.3 is 43.1 Å². The molecule has 0 radical (unpaired) electrons. The number of rotatable bonds is 18. The molecule has 0 aliphatic carbocycles. The van der Waals surface area contributed by atoms with Crippen molar-refractivity contribution < 1.29 is 71.9 Å². The number of carboxylic acid groups (broad SMARTS) is 1. The van der Waals surface area contributed by atoms with Gasteiger partial charge in [-0.25, -0.2) is 28.8 Å². The van der Waals surface area contributed by atoms with E-state index in [4.69, 9.17) is 38.0 Å². The molecule has 9 rings (SSSR count). The summed E-state index contributed by atoms with van der Waals surface area (Å²) >= 11 is 2.81. The van der Waals surface area contributed by atoms with Crippen LogP contribution in [0.15, 0.2) is 103 Å². The normalized spacial score (nSPS) is 11.7. The number of esters is 2. The molecule has 0 unspecified atom stereocenters. The van der Waals surface area contributed by atoms with E-state index in [0.29, 0.717) is 5.75 Å². The lowest BCUT2D eigenvalue weighted by atomic mass is 10.2. The summed E-state index contributed by atoms with van der Waals surface area (Å²) in [6.45, 7) is 17.6. The number of hydroxylamine groups is 1. The number of carboxylic acids is 1. The Labute approximate surface area is 535 Å². The molecule has 0 spiro atoms. The fourth-order valence-corrected chi connectivity index (χ4v) is 12.0. The number of hydrogen-bond acceptors (Lipinski definition) is 23. The predicted molar refractivity (Wildman–Crippen MR) is 344 cm³/mol. The number of ether oxygens (including phenoxy) is 7. The van der Waals surface area contributed by atoms with E-state index >= 15 is 4.79 Å². The number of aromatic carboxylic acids is 1. The average Bonchev–Trinajstić information content (AvgIpc) is 1.54. The van der Waals surface area contributed by atoms with Crippen molar-refractivity contribution in [3.63, 3.8) is 0 Å². The largest absolute Gasteiger partial charge is 0.497 e. The number of aromatic nitrogens is 6. The molecule has 0 aliphatic heterocycles. The van der Waals surface area contributed by atoms with Crippen molar-refractivity contribution in [1.29, 1.82) is 0 Å². The van der Waals surface area contributed by atoms with Gasteiger partial charge >= 0.3 is 36.2 Å². The fourth-order valence-electron chi connectivity index (χ4n) is 8.97. The third-order valence-corrected chi connectivity index (χ3v) is 15.9. The van der Waals surface area contributed by atoms with Crippen LogP contribution in [0.25, 0.3) is 49.4 Å². The zero-order valence-electron chi connectivity index (χ0n) is 52.1. The van der Waals surface area contributed by atoms with E-state index in [1.807, 2.05) is 0 Å². The Kier molecular flexibility index (Phi) is 19.0. The topological polar surface area (TPSA) is 311 Å². The number of hydrogen-bond donors (Lipinski definition) is 1. The van der Waals surface area contributed by atoms with Crippen molar-refractivity contribution in [3.8, 4) is 34.3 Å². The third kappa shape index (κ3) is 14.0. The minimum absolute atomic E-state index is 0.0114. The predicted octanol–water partition coefficient (Wildman–Crippen LogP) is 11.0. The highest BCUT2D eigenvalue weighted by atomic mass is 32.1. The molecule has 3 aromatic carbocycles. The number of fused-ring (bicyclic) bond motifs is 3. The van der Waals surface area contributed by atoms with Crippen LogP contribution in [-0.2, 0) is 23.7 Å². The van der Waals surface area contributed by atoms with Crippen LogP contribution in [0.2, 0.25) is 0 Å². The van der Waals surface area contributed by atoms with E-state index in [0.717, 1.165) is 58.0 Å². The van der Waals surface area contributed by atoms with Crippen LogP contribution in [-0.4, -0.2) is 128 Å². The molecule has 30 heteroatoms. The highest BCUT2D eigenvalue weighted by molar-refractivity contribution is 7.17. The zero-order chi connectivity index (χ0) is 66.9. The maximum absolute atomic E-state index is 15.0. The maximum Gasteiger partial charge on any atom is 0.449 e. The van der Waals surface area contributed by atoms with Gasteiger partial charge in [-0.15, -0.1) is 34.0 Å². The molecular formula is C62H63N9O18S3. The Morgan fingerprint density at radius 2 is 0.891 bits per heavy atom. The number of thiophene rings is 3. The lowest BCUT2D eigenvalue weighted by Gasteiger charge is -2.27. The standard InChI is InChI=1S/C62H63N9O18S3/c1-14-83-55(77)46-40-31-91-52(67(58(80)87-61(6,7)8)28-29-85-37-24-18-34(19-25-37)68-48(72)42-39(45(63-68)54(75)76)30-90-51(42)66(12)57(79)86-60(3,4)5)43(40)49(73)69(64-46)35-20-26-38(27-21-35)89-71(59(81)88-62(9,10)11)53-44-41(32-92-53)47(56(78)84-15-2)65-70(50(44)74)33-16-22-36(82-13)23-17-33/h16-27,30-32H,14-15,28-29H2,1-13H3,(H,75,76). The maximum atomic E-state index is 15.0. The number of amides is 3. The van der Waals surface area contributed by atoms with E-state index in [1.54, 1.807) is 100 Å². The van der Waals surface area contributed by atoms with Crippen LogP contribution in [0.1, 0.15) is 108 Å². The summed E-state index contributed by atoms with van der Waals surface area (Å²) in [6.07, 6.45) is -2.71. The molecule has 0 saturated carbocycles. The molecule has 0 aliphatic rings. The molecule has 3 amide bonds. The van der Waals surface area contributed by atoms with Crippen molar-refractivity contribution >= 4 is 118 Å². The first-order valence-electron chi connectivity index (χ1n) is 28.3. The summed E-state index contributed by atoms with van der Waals surface area (Å²) in [6, 6.07) is 17.8. The minimum atomic E-state index is -1.42. The number of anilines is 3. The highest BCUT2D eigenvalue weighted by Gasteiger charge is 2.35. The van der Waals surface area contributed by atoms with Crippen LogP contribution in [0.5, 0.6) is 17.2 Å². The number of methoxy groups -OCH3 is 1. The van der Waals surface area contributed by atoms with E-state index < -0.39 is 75.4 Å². The van der Waals surface area contributed by atoms with Gasteiger partial charge in [0, 0.05) is 39.3 Å². The first-order chi connectivity index (χ1) is 43.4. The second kappa shape index (κ2) is 26.3. The van der Waals surface area contributed by atoms with Crippen molar-refractivity contribution in [2.75, 3.05) is 55.4 Å². The molecule has 0 atom stereocenters. The van der Waals surface area contributed by atoms with E-state index in [2.05, 4.69) is 15.3 Å². The van der Waals surface area contributed by atoms with Gasteiger partial charge in [-0.05, 0) is 149 Å². The Morgan fingerprint density at radius 1 is 0.511 bits per heavy atom. The van der Waals surface area contributed by atoms with E-state index in [1.165, 1.54) is 83.7 Å². The van der Waals surface area contributed by atoms with Gasteiger partial charge in [0.2, 0.25) is 0 Å². The summed E-state index contributed by atoms with van der Waals surface area (Å²) < 4.78 is 42.1. The van der Waals surface area contributed by atoms with Gasteiger partial charge in [0.05, 0.1) is 60.1 Å². The quantitative estimate of drug-likeness (QED) is 0.0474. The molecule has 1 N–H and O–H groups in total. The van der Waals surface area contributed by atoms with Crippen LogP contribution < -0.4 is 45.9 Å². The molecule has 482 valence electrons. The Balaban J connectivity index is 1.05. The summed E-state index contributed by atoms with van der Waals surface area (Å²) in [5.74, 6) is -2.47. The van der Waals surface area contributed by atoms with E-state index in [9.17, 15) is 43.5 Å². The van der Waals surface area contributed by atoms with Gasteiger partial charge in [-0.2, -0.15) is 29.3 Å². The van der Waals surface area contributed by atoms with Gasteiger partial charge in [0.15, 0.2) is 27.8 Å². The molecule has 6 aromatic heterocycles. The van der Waals surface area contributed by atoms with Crippen molar-refractivity contribution in [2.45, 2.75) is 93.0 Å². The molecular weight excluding hydrogens is 1250 g/mol. The lowest BCUT2D eigenvalue weighted by Crippen LogP contribution is -2.39.